The second-order valence-electron chi connectivity index (χ2n) is 9.25. The Morgan fingerprint density at radius 3 is 2.03 bits per heavy atom. The number of ether oxygens (including phenoxy) is 1. The summed E-state index contributed by atoms with van der Waals surface area (Å²) in [7, 11) is -4.11. The number of anilines is 1. The van der Waals surface area contributed by atoms with E-state index in [2.05, 4.69) is 5.32 Å². The highest BCUT2D eigenvalue weighted by Crippen LogP contribution is 2.26. The predicted octanol–water partition coefficient (Wildman–Crippen LogP) is 4.61. The van der Waals surface area contributed by atoms with Gasteiger partial charge in [-0.15, -0.1) is 0 Å². The van der Waals surface area contributed by atoms with Gasteiger partial charge in [0.2, 0.25) is 11.8 Å². The molecule has 0 aliphatic rings. The Morgan fingerprint density at radius 1 is 0.872 bits per heavy atom. The minimum Gasteiger partial charge on any atom is -0.494 e. The minimum atomic E-state index is -4.11. The molecule has 0 spiro atoms. The molecule has 0 aliphatic carbocycles. The number of carbonyl (C=O) groups is 2. The zero-order valence-corrected chi connectivity index (χ0v) is 23.7. The summed E-state index contributed by atoms with van der Waals surface area (Å²) in [4.78, 5) is 28.5. The van der Waals surface area contributed by atoms with E-state index in [1.165, 1.54) is 17.0 Å². The van der Waals surface area contributed by atoms with Gasteiger partial charge in [0.15, 0.2) is 0 Å². The summed E-state index contributed by atoms with van der Waals surface area (Å²) in [6, 6.07) is 23.0. The molecule has 0 radical (unpaired) electrons. The Kier molecular flexibility index (Phi) is 10.5. The molecule has 2 atom stereocenters. The average molecular weight is 552 g/mol. The molecule has 3 aromatic carbocycles. The first-order chi connectivity index (χ1) is 18.7. The lowest BCUT2D eigenvalue weighted by Crippen LogP contribution is -2.52. The molecule has 0 unspecified atom stereocenters. The van der Waals surface area contributed by atoms with Crippen molar-refractivity contribution in [3.63, 3.8) is 0 Å². The van der Waals surface area contributed by atoms with Gasteiger partial charge in [-0.05, 0) is 69.2 Å². The number of amides is 2. The van der Waals surface area contributed by atoms with Gasteiger partial charge in [0, 0.05) is 12.6 Å². The Labute approximate surface area is 231 Å². The van der Waals surface area contributed by atoms with E-state index in [0.717, 1.165) is 16.3 Å². The number of nitrogens with zero attached hydrogens (tertiary/aromatic N) is 2. The van der Waals surface area contributed by atoms with E-state index in [9.17, 15) is 18.0 Å². The van der Waals surface area contributed by atoms with Crippen LogP contribution in [0.2, 0.25) is 0 Å². The van der Waals surface area contributed by atoms with Gasteiger partial charge < -0.3 is 15.0 Å². The minimum absolute atomic E-state index is 0.0591. The van der Waals surface area contributed by atoms with Crippen LogP contribution in [-0.4, -0.2) is 50.4 Å². The molecule has 3 rings (SSSR count). The largest absolute Gasteiger partial charge is 0.494 e. The smallest absolute Gasteiger partial charge is 0.264 e. The Balaban J connectivity index is 2.00. The molecule has 1 N–H and O–H groups in total. The molecule has 0 heterocycles. The lowest BCUT2D eigenvalue weighted by Gasteiger charge is -2.32. The molecule has 208 valence electrons. The highest BCUT2D eigenvalue weighted by Gasteiger charge is 2.32. The summed E-state index contributed by atoms with van der Waals surface area (Å²) in [5, 5.41) is 2.93. The number of hydrogen-bond donors (Lipinski definition) is 1. The molecule has 0 bridgehead atoms. The van der Waals surface area contributed by atoms with Crippen molar-refractivity contribution in [3.8, 4) is 5.75 Å². The number of carbonyl (C=O) groups excluding carboxylic acids is 2. The summed E-state index contributed by atoms with van der Waals surface area (Å²) in [5.74, 6) is -0.211. The molecule has 0 aliphatic heterocycles. The molecule has 2 amide bonds. The Morgan fingerprint density at radius 2 is 1.46 bits per heavy atom. The van der Waals surface area contributed by atoms with Crippen molar-refractivity contribution in [2.24, 2.45) is 0 Å². The fourth-order valence-corrected chi connectivity index (χ4v) is 5.39. The Bertz CT molecular complexity index is 1320. The third-order valence-electron chi connectivity index (χ3n) is 6.41. The van der Waals surface area contributed by atoms with Crippen LogP contribution in [0.15, 0.2) is 89.8 Å². The van der Waals surface area contributed by atoms with Crippen LogP contribution >= 0.6 is 0 Å². The second kappa shape index (κ2) is 13.8. The van der Waals surface area contributed by atoms with E-state index in [-0.39, 0.29) is 23.4 Å². The highest BCUT2D eigenvalue weighted by molar-refractivity contribution is 7.92. The quantitative estimate of drug-likeness (QED) is 0.335. The molecule has 0 saturated heterocycles. The van der Waals surface area contributed by atoms with Crippen LogP contribution in [0.3, 0.4) is 0 Å². The van der Waals surface area contributed by atoms with E-state index in [1.807, 2.05) is 51.1 Å². The molecule has 0 saturated carbocycles. The molecule has 39 heavy (non-hydrogen) atoms. The number of nitrogens with one attached hydrogen (secondary N) is 1. The lowest BCUT2D eigenvalue weighted by atomic mass is 10.1. The second-order valence-corrected chi connectivity index (χ2v) is 11.1. The normalized spacial score (nSPS) is 12.7. The van der Waals surface area contributed by atoms with Crippen LogP contribution < -0.4 is 14.4 Å². The molecule has 3 aromatic rings. The molecule has 0 aromatic heterocycles. The third-order valence-corrected chi connectivity index (χ3v) is 8.20. The first-order valence-electron chi connectivity index (χ1n) is 13.1. The van der Waals surface area contributed by atoms with Gasteiger partial charge in [0.1, 0.15) is 18.3 Å². The summed E-state index contributed by atoms with van der Waals surface area (Å²) in [6.07, 6.45) is 0.742. The fourth-order valence-electron chi connectivity index (χ4n) is 3.95. The summed E-state index contributed by atoms with van der Waals surface area (Å²) in [6.45, 7) is 7.51. The molecule has 0 fully saturated rings. The van der Waals surface area contributed by atoms with Crippen molar-refractivity contribution >= 4 is 27.5 Å². The summed E-state index contributed by atoms with van der Waals surface area (Å²) in [5.41, 5.74) is 1.14. The van der Waals surface area contributed by atoms with Crippen molar-refractivity contribution in [1.82, 2.24) is 10.2 Å². The first kappa shape index (κ1) is 29.7. The topological polar surface area (TPSA) is 96.0 Å². The zero-order valence-electron chi connectivity index (χ0n) is 22.9. The molecular weight excluding hydrogens is 514 g/mol. The van der Waals surface area contributed by atoms with Crippen LogP contribution in [0.1, 0.15) is 39.7 Å². The van der Waals surface area contributed by atoms with Gasteiger partial charge >= 0.3 is 0 Å². The molecule has 9 heteroatoms. The van der Waals surface area contributed by atoms with Crippen molar-refractivity contribution in [3.05, 3.63) is 90.5 Å². The van der Waals surface area contributed by atoms with Gasteiger partial charge in [-0.2, -0.15) is 0 Å². The van der Waals surface area contributed by atoms with Gasteiger partial charge in [0.25, 0.3) is 10.0 Å². The monoisotopic (exact) mass is 551 g/mol. The van der Waals surface area contributed by atoms with Crippen LogP contribution in [0.25, 0.3) is 0 Å². The van der Waals surface area contributed by atoms with Crippen molar-refractivity contribution < 1.29 is 22.7 Å². The molecule has 8 nitrogen and oxygen atoms in total. The maximum Gasteiger partial charge on any atom is 0.264 e. The lowest BCUT2D eigenvalue weighted by molar-refractivity contribution is -0.139. The fraction of sp³-hybridized carbons (Fsp3) is 0.333. The zero-order chi connectivity index (χ0) is 28.4. The van der Waals surface area contributed by atoms with Crippen molar-refractivity contribution in [2.45, 2.75) is 57.6 Å². The van der Waals surface area contributed by atoms with Gasteiger partial charge in [-0.3, -0.25) is 13.9 Å². The van der Waals surface area contributed by atoms with E-state index in [1.54, 1.807) is 49.4 Å². The predicted molar refractivity (Wildman–Crippen MR) is 153 cm³/mol. The first-order valence-corrected chi connectivity index (χ1v) is 14.6. The van der Waals surface area contributed by atoms with Crippen LogP contribution in [0.5, 0.6) is 5.75 Å². The highest BCUT2D eigenvalue weighted by atomic mass is 32.2. The van der Waals surface area contributed by atoms with Crippen molar-refractivity contribution in [2.75, 3.05) is 17.5 Å². The van der Waals surface area contributed by atoms with E-state index in [0.29, 0.717) is 18.0 Å². The Hall–Kier alpha value is -3.85. The maximum absolute atomic E-state index is 13.9. The van der Waals surface area contributed by atoms with Crippen LogP contribution in [-0.2, 0) is 26.2 Å². The van der Waals surface area contributed by atoms with Crippen molar-refractivity contribution in [1.29, 1.82) is 0 Å². The summed E-state index contributed by atoms with van der Waals surface area (Å²) < 4.78 is 34.2. The summed E-state index contributed by atoms with van der Waals surface area (Å²) >= 11 is 0. The number of hydrogen-bond acceptors (Lipinski definition) is 5. The van der Waals surface area contributed by atoms with Crippen LogP contribution in [0, 0.1) is 0 Å². The van der Waals surface area contributed by atoms with E-state index < -0.39 is 28.5 Å². The van der Waals surface area contributed by atoms with E-state index >= 15 is 0 Å². The number of benzene rings is 3. The van der Waals surface area contributed by atoms with Gasteiger partial charge in [0.05, 0.1) is 17.2 Å². The average Bonchev–Trinajstić information content (AvgIpc) is 2.95. The third kappa shape index (κ3) is 7.83. The van der Waals surface area contributed by atoms with Crippen LogP contribution in [0.4, 0.5) is 5.69 Å². The SMILES string of the molecule is CCOc1ccc(N(CC(=O)N(Cc2ccccc2)[C@@H](C)C(=O)N[C@@H](C)CC)S(=O)(=O)c2ccccc2)cc1. The van der Waals surface area contributed by atoms with E-state index in [4.69, 9.17) is 4.74 Å². The number of rotatable bonds is 13. The standard InChI is InChI=1S/C30H37N3O5S/c1-5-23(3)31-30(35)24(4)32(21-25-13-9-7-10-14-25)29(34)22-33(26-17-19-27(20-18-26)38-6-2)39(36,37)28-15-11-8-12-16-28/h7-20,23-24H,5-6,21-22H2,1-4H3,(H,31,35)/t23-,24-/m0/s1. The maximum atomic E-state index is 13.9. The van der Waals surface area contributed by atoms with Gasteiger partial charge in [-0.25, -0.2) is 8.42 Å². The molecular formula is C30H37N3O5S. The van der Waals surface area contributed by atoms with Gasteiger partial charge in [-0.1, -0.05) is 55.5 Å². The number of sulfonamides is 1.